The van der Waals surface area contributed by atoms with E-state index in [9.17, 15) is 9.59 Å². The second-order valence-corrected chi connectivity index (χ2v) is 11.2. The Hall–Kier alpha value is -3.57. The molecule has 1 fully saturated rings. The van der Waals surface area contributed by atoms with Crippen LogP contribution in [0.3, 0.4) is 0 Å². The van der Waals surface area contributed by atoms with Crippen molar-refractivity contribution in [3.8, 4) is 11.5 Å². The number of rotatable bonds is 9. The van der Waals surface area contributed by atoms with Gasteiger partial charge in [0.25, 0.3) is 5.91 Å². The molecule has 0 saturated carbocycles. The number of nitrogens with zero attached hydrogens (tertiary/aromatic N) is 5. The van der Waals surface area contributed by atoms with Crippen molar-refractivity contribution in [2.24, 2.45) is 12.1 Å². The second kappa shape index (κ2) is 12.7. The normalized spacial score (nSPS) is 17.9. The van der Waals surface area contributed by atoms with Crippen molar-refractivity contribution < 1.29 is 23.8 Å². The van der Waals surface area contributed by atoms with Gasteiger partial charge in [-0.15, -0.1) is 0 Å². The third kappa shape index (κ3) is 7.14. The minimum absolute atomic E-state index is 0.112. The van der Waals surface area contributed by atoms with E-state index in [0.29, 0.717) is 44.2 Å². The number of carbonyl (C=O) groups excluding carboxylic acids is 2. The maximum atomic E-state index is 14.0. The largest absolute Gasteiger partial charge is 0.497 e. The van der Waals surface area contributed by atoms with Crippen molar-refractivity contribution in [1.29, 1.82) is 0 Å². The standard InChI is InChI=1S/C29H42N6O5/c1-29(2,3)30-28(37)34(13-12-33-14-16-40-17-15-33)20-27(36)35-25(19-23(31-35)24-8-7-11-32(24)4)22-18-21(38-5)9-10-26(22)39-6/h7-11,18,25H,12-17,19-20H2,1-6H3,(H,30,37). The van der Waals surface area contributed by atoms with Gasteiger partial charge in [-0.2, -0.15) is 5.10 Å². The number of hydrogen-bond acceptors (Lipinski definition) is 7. The maximum Gasteiger partial charge on any atom is 0.318 e. The monoisotopic (exact) mass is 554 g/mol. The summed E-state index contributed by atoms with van der Waals surface area (Å²) in [6.07, 6.45) is 2.45. The molecule has 0 spiro atoms. The summed E-state index contributed by atoms with van der Waals surface area (Å²) in [5.74, 6) is 1.03. The first kappa shape index (κ1) is 29.4. The smallest absolute Gasteiger partial charge is 0.318 e. The molecule has 1 atom stereocenters. The van der Waals surface area contributed by atoms with Crippen molar-refractivity contribution in [2.45, 2.75) is 38.8 Å². The van der Waals surface area contributed by atoms with Gasteiger partial charge in [-0.05, 0) is 51.1 Å². The molecule has 1 aromatic heterocycles. The van der Waals surface area contributed by atoms with E-state index < -0.39 is 11.6 Å². The molecule has 1 N–H and O–H groups in total. The van der Waals surface area contributed by atoms with Crippen LogP contribution in [0, 0.1) is 0 Å². The summed E-state index contributed by atoms with van der Waals surface area (Å²) < 4.78 is 18.6. The number of hydrogen-bond donors (Lipinski definition) is 1. The summed E-state index contributed by atoms with van der Waals surface area (Å²) in [5, 5.41) is 9.34. The maximum absolute atomic E-state index is 14.0. The van der Waals surface area contributed by atoms with Gasteiger partial charge in [0.05, 0.1) is 44.9 Å². The molecule has 0 radical (unpaired) electrons. The van der Waals surface area contributed by atoms with Crippen LogP contribution in [0.15, 0.2) is 41.6 Å². The Morgan fingerprint density at radius 1 is 1.15 bits per heavy atom. The summed E-state index contributed by atoms with van der Waals surface area (Å²) >= 11 is 0. The number of aromatic nitrogens is 1. The molecule has 1 saturated heterocycles. The van der Waals surface area contributed by atoms with Gasteiger partial charge in [-0.3, -0.25) is 9.69 Å². The van der Waals surface area contributed by atoms with Crippen LogP contribution in [-0.2, 0) is 16.6 Å². The van der Waals surface area contributed by atoms with Crippen molar-refractivity contribution in [3.63, 3.8) is 0 Å². The molecule has 2 aliphatic rings. The minimum Gasteiger partial charge on any atom is -0.497 e. The molecule has 3 amide bonds. The molecule has 2 aromatic rings. The molecule has 11 nitrogen and oxygen atoms in total. The zero-order valence-corrected chi connectivity index (χ0v) is 24.5. The highest BCUT2D eigenvalue weighted by molar-refractivity contribution is 6.02. The number of aryl methyl sites for hydroxylation is 1. The van der Waals surface area contributed by atoms with E-state index in [0.717, 1.165) is 30.1 Å². The number of morpholine rings is 1. The van der Waals surface area contributed by atoms with Gasteiger partial charge >= 0.3 is 6.03 Å². The van der Waals surface area contributed by atoms with Crippen LogP contribution in [0.1, 0.15) is 44.5 Å². The summed E-state index contributed by atoms with van der Waals surface area (Å²) in [6, 6.07) is 8.78. The summed E-state index contributed by atoms with van der Waals surface area (Å²) in [7, 11) is 5.17. The van der Waals surface area contributed by atoms with E-state index in [-0.39, 0.29) is 18.5 Å². The van der Waals surface area contributed by atoms with E-state index in [1.807, 2.05) is 68.9 Å². The van der Waals surface area contributed by atoms with Gasteiger partial charge in [0.1, 0.15) is 18.0 Å². The Morgan fingerprint density at radius 2 is 1.90 bits per heavy atom. The minimum atomic E-state index is -0.445. The number of nitrogens with one attached hydrogen (secondary N) is 1. The third-order valence-corrected chi connectivity index (χ3v) is 7.09. The number of ether oxygens (including phenoxy) is 3. The van der Waals surface area contributed by atoms with E-state index in [2.05, 4.69) is 10.2 Å². The van der Waals surface area contributed by atoms with Crippen LogP contribution in [-0.4, -0.2) is 103 Å². The van der Waals surface area contributed by atoms with Gasteiger partial charge < -0.3 is 29.0 Å². The summed E-state index contributed by atoms with van der Waals surface area (Å²) in [6.45, 7) is 9.66. The van der Waals surface area contributed by atoms with E-state index in [1.54, 1.807) is 19.1 Å². The topological polar surface area (TPSA) is 101 Å². The quantitative estimate of drug-likeness (QED) is 0.512. The summed E-state index contributed by atoms with van der Waals surface area (Å²) in [5.41, 5.74) is 2.06. The number of amides is 3. The van der Waals surface area contributed by atoms with Gasteiger partial charge in [0.15, 0.2) is 0 Å². The van der Waals surface area contributed by atoms with Gasteiger partial charge in [-0.1, -0.05) is 0 Å². The van der Waals surface area contributed by atoms with Crippen LogP contribution < -0.4 is 14.8 Å². The SMILES string of the molecule is COc1ccc(OC)c(C2CC(c3cccn3C)=NN2C(=O)CN(CCN2CCOCC2)C(=O)NC(C)(C)C)c1. The van der Waals surface area contributed by atoms with Crippen molar-refractivity contribution in [3.05, 3.63) is 47.8 Å². The lowest BCUT2D eigenvalue weighted by Crippen LogP contribution is -2.53. The highest BCUT2D eigenvalue weighted by Crippen LogP contribution is 2.39. The highest BCUT2D eigenvalue weighted by atomic mass is 16.5. The Labute approximate surface area is 236 Å². The molecule has 11 heteroatoms. The van der Waals surface area contributed by atoms with Crippen LogP contribution in [0.2, 0.25) is 0 Å². The zero-order chi connectivity index (χ0) is 28.9. The molecule has 1 aromatic carbocycles. The van der Waals surface area contributed by atoms with Gasteiger partial charge in [-0.25, -0.2) is 9.80 Å². The zero-order valence-electron chi connectivity index (χ0n) is 24.5. The first-order valence-corrected chi connectivity index (χ1v) is 13.7. The van der Waals surface area contributed by atoms with Crippen molar-refractivity contribution in [1.82, 2.24) is 24.7 Å². The molecule has 2 aliphatic heterocycles. The predicted octanol–water partition coefficient (Wildman–Crippen LogP) is 2.86. The first-order valence-electron chi connectivity index (χ1n) is 13.7. The fourth-order valence-corrected chi connectivity index (χ4v) is 4.97. The molecule has 1 unspecified atom stereocenters. The molecule has 0 bridgehead atoms. The average molecular weight is 555 g/mol. The Balaban J connectivity index is 1.63. The molecular weight excluding hydrogens is 512 g/mol. The number of urea groups is 1. The third-order valence-electron chi connectivity index (χ3n) is 7.09. The van der Waals surface area contributed by atoms with Crippen LogP contribution in [0.5, 0.6) is 11.5 Å². The molecule has 0 aliphatic carbocycles. The number of methoxy groups -OCH3 is 2. The molecule has 3 heterocycles. The highest BCUT2D eigenvalue weighted by Gasteiger charge is 2.37. The van der Waals surface area contributed by atoms with E-state index >= 15 is 0 Å². The summed E-state index contributed by atoms with van der Waals surface area (Å²) in [4.78, 5) is 31.2. The molecule has 218 valence electrons. The van der Waals surface area contributed by atoms with E-state index in [1.165, 1.54) is 5.01 Å². The molecule has 40 heavy (non-hydrogen) atoms. The van der Waals surface area contributed by atoms with Crippen molar-refractivity contribution in [2.75, 3.05) is 60.2 Å². The second-order valence-electron chi connectivity index (χ2n) is 11.2. The lowest BCUT2D eigenvalue weighted by Gasteiger charge is -2.33. The number of carbonyl (C=O) groups is 2. The number of benzene rings is 1. The van der Waals surface area contributed by atoms with Gasteiger partial charge in [0, 0.05) is 56.9 Å². The van der Waals surface area contributed by atoms with E-state index in [4.69, 9.17) is 19.3 Å². The average Bonchev–Trinajstić information content (AvgIpc) is 3.56. The Morgan fingerprint density at radius 3 is 2.52 bits per heavy atom. The van der Waals surface area contributed by atoms with Gasteiger partial charge in [0.2, 0.25) is 0 Å². The van der Waals surface area contributed by atoms with Crippen LogP contribution in [0.4, 0.5) is 4.79 Å². The predicted molar refractivity (Wildman–Crippen MR) is 153 cm³/mol. The fraction of sp³-hybridized carbons (Fsp3) is 0.552. The van der Waals surface area contributed by atoms with Crippen LogP contribution >= 0.6 is 0 Å². The fourth-order valence-electron chi connectivity index (χ4n) is 4.97. The van der Waals surface area contributed by atoms with Crippen molar-refractivity contribution >= 4 is 17.6 Å². The first-order chi connectivity index (χ1) is 19.1. The molecule has 4 rings (SSSR count). The molecular formula is C29H42N6O5. The lowest BCUT2D eigenvalue weighted by atomic mass is 9.99. The Bertz CT molecular complexity index is 1210. The Kier molecular flexibility index (Phi) is 9.36. The number of hydrazone groups is 1. The van der Waals surface area contributed by atoms with Crippen LogP contribution in [0.25, 0.3) is 0 Å². The lowest BCUT2D eigenvalue weighted by molar-refractivity contribution is -0.133.